The van der Waals surface area contributed by atoms with Gasteiger partial charge in [0.2, 0.25) is 5.91 Å². The first-order chi connectivity index (χ1) is 8.31. The number of carbonyl (C=O) groups excluding carboxylic acids is 1. The molecule has 0 bridgehead atoms. The summed E-state index contributed by atoms with van der Waals surface area (Å²) in [6, 6.07) is 0. The molecule has 0 aromatic heterocycles. The van der Waals surface area contributed by atoms with Crippen molar-refractivity contribution in [2.45, 2.75) is 51.4 Å². The molecule has 3 nitrogen and oxygen atoms in total. The van der Waals surface area contributed by atoms with Crippen molar-refractivity contribution in [2.75, 3.05) is 20.1 Å². The minimum atomic E-state index is 0.201. The summed E-state index contributed by atoms with van der Waals surface area (Å²) in [5.41, 5.74) is 0. The van der Waals surface area contributed by atoms with E-state index in [1.165, 1.54) is 25.7 Å². The molecule has 0 unspecified atom stereocenters. The van der Waals surface area contributed by atoms with E-state index >= 15 is 0 Å². The Morgan fingerprint density at radius 2 is 1.76 bits per heavy atom. The van der Waals surface area contributed by atoms with Gasteiger partial charge in [0.05, 0.1) is 0 Å². The number of amides is 1. The van der Waals surface area contributed by atoms with E-state index in [2.05, 4.69) is 17.2 Å². The van der Waals surface area contributed by atoms with Crippen molar-refractivity contribution in [1.29, 1.82) is 0 Å². The van der Waals surface area contributed by atoms with Crippen LogP contribution < -0.4 is 10.6 Å². The second-order valence-electron chi connectivity index (χ2n) is 4.40. The molecule has 1 amide bonds. The highest BCUT2D eigenvalue weighted by molar-refractivity contribution is 5.75. The van der Waals surface area contributed by atoms with Crippen LogP contribution in [0.4, 0.5) is 0 Å². The molecule has 0 heterocycles. The molecule has 0 spiro atoms. The molecular weight excluding hydrogens is 212 g/mol. The van der Waals surface area contributed by atoms with Gasteiger partial charge >= 0.3 is 0 Å². The van der Waals surface area contributed by atoms with Crippen molar-refractivity contribution in [2.24, 2.45) is 0 Å². The molecule has 0 aliphatic heterocycles. The zero-order chi connectivity index (χ0) is 12.8. The molecule has 2 N–H and O–H groups in total. The lowest BCUT2D eigenvalue weighted by Gasteiger charge is -2.04. The van der Waals surface area contributed by atoms with Crippen LogP contribution in [-0.4, -0.2) is 26.0 Å². The molecular formula is C14H28N2O. The maximum Gasteiger partial charge on any atom is 0.219 e. The number of hydrogen-bond donors (Lipinski definition) is 2. The topological polar surface area (TPSA) is 41.1 Å². The average molecular weight is 240 g/mol. The fourth-order valence-electron chi connectivity index (χ4n) is 1.69. The summed E-state index contributed by atoms with van der Waals surface area (Å²) in [5.74, 6) is 0.201. The lowest BCUT2D eigenvalue weighted by atomic mass is 10.1. The van der Waals surface area contributed by atoms with Crippen molar-refractivity contribution in [3.8, 4) is 0 Å². The van der Waals surface area contributed by atoms with Crippen LogP contribution in [0.3, 0.4) is 0 Å². The molecule has 0 aliphatic carbocycles. The molecule has 0 aromatic carbocycles. The Bertz CT molecular complexity index is 193. The second kappa shape index (κ2) is 13.2. The Balaban J connectivity index is 3.13. The zero-order valence-electron chi connectivity index (χ0n) is 11.3. The summed E-state index contributed by atoms with van der Waals surface area (Å²) >= 11 is 0. The van der Waals surface area contributed by atoms with E-state index in [9.17, 15) is 4.79 Å². The van der Waals surface area contributed by atoms with Gasteiger partial charge in [-0.15, -0.1) is 6.58 Å². The Labute approximate surface area is 106 Å². The Kier molecular flexibility index (Phi) is 12.6. The van der Waals surface area contributed by atoms with Gasteiger partial charge in [-0.05, 0) is 39.3 Å². The lowest BCUT2D eigenvalue weighted by molar-refractivity contribution is -0.121. The highest BCUT2D eigenvalue weighted by atomic mass is 16.1. The zero-order valence-corrected chi connectivity index (χ0v) is 11.3. The minimum absolute atomic E-state index is 0.201. The third-order valence-corrected chi connectivity index (χ3v) is 2.74. The summed E-state index contributed by atoms with van der Waals surface area (Å²) in [4.78, 5) is 11.4. The van der Waals surface area contributed by atoms with Crippen LogP contribution in [0.5, 0.6) is 0 Å². The Morgan fingerprint density at radius 3 is 2.47 bits per heavy atom. The quantitative estimate of drug-likeness (QED) is 0.407. The predicted octanol–water partition coefficient (Wildman–Crippen LogP) is 2.63. The molecule has 0 radical (unpaired) electrons. The van der Waals surface area contributed by atoms with Crippen LogP contribution in [0.15, 0.2) is 12.7 Å². The van der Waals surface area contributed by atoms with Crippen LogP contribution in [0, 0.1) is 0 Å². The monoisotopic (exact) mass is 240 g/mol. The van der Waals surface area contributed by atoms with E-state index < -0.39 is 0 Å². The minimum Gasteiger partial charge on any atom is -0.356 e. The number of hydrogen-bond acceptors (Lipinski definition) is 2. The van der Waals surface area contributed by atoms with E-state index in [1.54, 1.807) is 0 Å². The van der Waals surface area contributed by atoms with Gasteiger partial charge in [0.1, 0.15) is 0 Å². The van der Waals surface area contributed by atoms with E-state index in [4.69, 9.17) is 0 Å². The third kappa shape index (κ3) is 13.1. The van der Waals surface area contributed by atoms with Gasteiger partial charge in [0.25, 0.3) is 0 Å². The summed E-state index contributed by atoms with van der Waals surface area (Å²) in [6.07, 6.45) is 10.7. The van der Waals surface area contributed by atoms with Crippen molar-refractivity contribution >= 4 is 5.91 Å². The number of carbonyl (C=O) groups is 1. The van der Waals surface area contributed by atoms with E-state index in [1.807, 2.05) is 13.1 Å². The van der Waals surface area contributed by atoms with Gasteiger partial charge in [-0.1, -0.05) is 25.3 Å². The maximum absolute atomic E-state index is 11.4. The Morgan fingerprint density at radius 1 is 1.06 bits per heavy atom. The number of nitrogens with one attached hydrogen (secondary N) is 2. The van der Waals surface area contributed by atoms with Crippen molar-refractivity contribution in [1.82, 2.24) is 10.6 Å². The highest BCUT2D eigenvalue weighted by Gasteiger charge is 1.99. The molecule has 0 fully saturated rings. The van der Waals surface area contributed by atoms with Crippen LogP contribution in [-0.2, 0) is 4.79 Å². The SMILES string of the molecule is C=CCCCCCCCC(=O)NCCCNC. The number of rotatable bonds is 12. The van der Waals surface area contributed by atoms with Gasteiger partial charge < -0.3 is 10.6 Å². The van der Waals surface area contributed by atoms with E-state index in [0.717, 1.165) is 32.4 Å². The molecule has 3 heteroatoms. The first-order valence-corrected chi connectivity index (χ1v) is 6.83. The largest absolute Gasteiger partial charge is 0.356 e. The first-order valence-electron chi connectivity index (χ1n) is 6.83. The van der Waals surface area contributed by atoms with Crippen LogP contribution in [0.2, 0.25) is 0 Å². The van der Waals surface area contributed by atoms with Crippen molar-refractivity contribution in [3.63, 3.8) is 0 Å². The molecule has 0 aliphatic rings. The maximum atomic E-state index is 11.4. The van der Waals surface area contributed by atoms with Crippen molar-refractivity contribution in [3.05, 3.63) is 12.7 Å². The molecule has 0 saturated heterocycles. The molecule has 0 atom stereocenters. The van der Waals surface area contributed by atoms with E-state index in [0.29, 0.717) is 6.42 Å². The molecule has 0 rings (SSSR count). The summed E-state index contributed by atoms with van der Waals surface area (Å²) < 4.78 is 0. The van der Waals surface area contributed by atoms with Crippen LogP contribution >= 0.6 is 0 Å². The van der Waals surface area contributed by atoms with Crippen LogP contribution in [0.25, 0.3) is 0 Å². The van der Waals surface area contributed by atoms with Gasteiger partial charge in [-0.3, -0.25) is 4.79 Å². The standard InChI is InChI=1S/C14H28N2O/c1-3-4-5-6-7-8-9-11-14(17)16-13-10-12-15-2/h3,15H,1,4-13H2,2H3,(H,16,17). The number of unbranched alkanes of at least 4 members (excludes halogenated alkanes) is 5. The summed E-state index contributed by atoms with van der Waals surface area (Å²) in [6.45, 7) is 5.45. The van der Waals surface area contributed by atoms with Crippen LogP contribution in [0.1, 0.15) is 51.4 Å². The highest BCUT2D eigenvalue weighted by Crippen LogP contribution is 2.07. The Hall–Kier alpha value is -0.830. The second-order valence-corrected chi connectivity index (χ2v) is 4.40. The molecule has 17 heavy (non-hydrogen) atoms. The fraction of sp³-hybridized carbons (Fsp3) is 0.786. The third-order valence-electron chi connectivity index (χ3n) is 2.74. The van der Waals surface area contributed by atoms with Gasteiger partial charge in [-0.25, -0.2) is 0 Å². The predicted molar refractivity (Wildman–Crippen MR) is 74.1 cm³/mol. The number of allylic oxidation sites excluding steroid dienone is 1. The molecule has 0 aromatic rings. The molecule has 0 saturated carbocycles. The molecule has 100 valence electrons. The summed E-state index contributed by atoms with van der Waals surface area (Å²) in [7, 11) is 1.92. The first kappa shape index (κ1) is 16.2. The van der Waals surface area contributed by atoms with E-state index in [-0.39, 0.29) is 5.91 Å². The average Bonchev–Trinajstić information content (AvgIpc) is 2.33. The van der Waals surface area contributed by atoms with Gasteiger partial charge in [0, 0.05) is 13.0 Å². The lowest BCUT2D eigenvalue weighted by Crippen LogP contribution is -2.26. The van der Waals surface area contributed by atoms with Gasteiger partial charge in [0.15, 0.2) is 0 Å². The normalized spacial score (nSPS) is 10.2. The fourth-order valence-corrected chi connectivity index (χ4v) is 1.69. The van der Waals surface area contributed by atoms with Gasteiger partial charge in [-0.2, -0.15) is 0 Å². The smallest absolute Gasteiger partial charge is 0.219 e. The summed E-state index contributed by atoms with van der Waals surface area (Å²) in [5, 5.41) is 6.00. The van der Waals surface area contributed by atoms with Crippen molar-refractivity contribution < 1.29 is 4.79 Å².